The van der Waals surface area contributed by atoms with Crippen molar-refractivity contribution in [2.24, 2.45) is 0 Å². The summed E-state index contributed by atoms with van der Waals surface area (Å²) in [5.41, 5.74) is 1.47. The molecule has 0 radical (unpaired) electrons. The number of hydrogen-bond acceptors (Lipinski definition) is 3. The average Bonchev–Trinajstić information content (AvgIpc) is 2.61. The lowest BCUT2D eigenvalue weighted by Crippen LogP contribution is -2.33. The highest BCUT2D eigenvalue weighted by molar-refractivity contribution is 7.89. The Morgan fingerprint density at radius 3 is 2.31 bits per heavy atom. The minimum Gasteiger partial charge on any atom is -0.348 e. The molecule has 0 heterocycles. The Hall–Kier alpha value is -2.25. The van der Waals surface area contributed by atoms with Crippen molar-refractivity contribution >= 4 is 15.9 Å². The molecule has 7 heteroatoms. The third-order valence-corrected chi connectivity index (χ3v) is 6.26. The van der Waals surface area contributed by atoms with E-state index >= 15 is 0 Å². The number of benzene rings is 2. The third-order valence-electron chi connectivity index (χ3n) is 4.21. The molecular weight excluding hydrogens is 355 g/mol. The van der Waals surface area contributed by atoms with E-state index in [2.05, 4.69) is 5.32 Å². The average molecular weight is 378 g/mol. The van der Waals surface area contributed by atoms with E-state index in [-0.39, 0.29) is 29.0 Å². The highest BCUT2D eigenvalue weighted by atomic mass is 32.2. The number of hydrogen-bond donors (Lipinski definition) is 1. The lowest BCUT2D eigenvalue weighted by Gasteiger charge is -2.21. The molecule has 2 aromatic rings. The molecule has 0 spiro atoms. The summed E-state index contributed by atoms with van der Waals surface area (Å²) in [5.74, 6) is -0.818. The molecule has 1 amide bonds. The number of aryl methyl sites for hydroxylation is 1. The van der Waals surface area contributed by atoms with Gasteiger partial charge in [-0.3, -0.25) is 4.79 Å². The molecule has 0 aliphatic rings. The van der Waals surface area contributed by atoms with E-state index in [0.29, 0.717) is 5.56 Å². The molecule has 0 aliphatic carbocycles. The van der Waals surface area contributed by atoms with E-state index in [1.165, 1.54) is 29.6 Å². The van der Waals surface area contributed by atoms with Gasteiger partial charge in [-0.1, -0.05) is 18.2 Å². The lowest BCUT2D eigenvalue weighted by atomic mass is 10.1. The molecule has 2 aromatic carbocycles. The highest BCUT2D eigenvalue weighted by Crippen LogP contribution is 2.17. The Morgan fingerprint density at radius 1 is 1.15 bits per heavy atom. The smallest absolute Gasteiger partial charge is 0.251 e. The first-order valence-corrected chi connectivity index (χ1v) is 9.68. The van der Waals surface area contributed by atoms with Gasteiger partial charge in [-0.2, -0.15) is 4.31 Å². The zero-order valence-electron chi connectivity index (χ0n) is 15.3. The van der Waals surface area contributed by atoms with Crippen molar-refractivity contribution in [2.75, 3.05) is 7.05 Å². The van der Waals surface area contributed by atoms with Crippen LogP contribution < -0.4 is 5.32 Å². The van der Waals surface area contributed by atoms with Crippen LogP contribution >= 0.6 is 0 Å². The largest absolute Gasteiger partial charge is 0.348 e. The molecule has 0 aromatic heterocycles. The second-order valence-corrected chi connectivity index (χ2v) is 8.40. The second-order valence-electron chi connectivity index (χ2n) is 6.41. The van der Waals surface area contributed by atoms with Crippen LogP contribution in [0.5, 0.6) is 0 Å². The van der Waals surface area contributed by atoms with Gasteiger partial charge in [-0.05, 0) is 56.2 Å². The Morgan fingerprint density at radius 2 is 1.77 bits per heavy atom. The number of nitrogens with one attached hydrogen (secondary N) is 1. The fourth-order valence-electron chi connectivity index (χ4n) is 2.24. The van der Waals surface area contributed by atoms with Gasteiger partial charge in [0.25, 0.3) is 5.91 Å². The van der Waals surface area contributed by atoms with E-state index in [1.54, 1.807) is 45.0 Å². The van der Waals surface area contributed by atoms with E-state index in [0.717, 1.165) is 5.56 Å². The summed E-state index contributed by atoms with van der Waals surface area (Å²) in [5, 5.41) is 2.70. The monoisotopic (exact) mass is 378 g/mol. The number of nitrogens with zero attached hydrogens (tertiary/aromatic N) is 1. The predicted octanol–water partition coefficient (Wildman–Crippen LogP) is 3.09. The highest BCUT2D eigenvalue weighted by Gasteiger charge is 2.22. The van der Waals surface area contributed by atoms with Crippen molar-refractivity contribution in [1.29, 1.82) is 0 Å². The summed E-state index contributed by atoms with van der Waals surface area (Å²) in [6.07, 6.45) is 0. The van der Waals surface area contributed by atoms with Gasteiger partial charge in [-0.15, -0.1) is 0 Å². The first-order valence-electron chi connectivity index (χ1n) is 8.24. The van der Waals surface area contributed by atoms with Crippen LogP contribution in [0.3, 0.4) is 0 Å². The Kier molecular flexibility index (Phi) is 6.15. The van der Waals surface area contributed by atoms with Crippen LogP contribution in [0.4, 0.5) is 4.39 Å². The molecule has 0 saturated heterocycles. The quantitative estimate of drug-likeness (QED) is 0.840. The SMILES string of the molecule is Cc1ccc(C(=O)NCc2ccc(S(=O)(=O)N(C)C(C)C)cc2)cc1F. The molecule has 0 saturated carbocycles. The van der Waals surface area contributed by atoms with Crippen molar-refractivity contribution in [3.8, 4) is 0 Å². The summed E-state index contributed by atoms with van der Waals surface area (Å²) in [4.78, 5) is 12.3. The number of rotatable bonds is 6. The van der Waals surface area contributed by atoms with Crippen molar-refractivity contribution < 1.29 is 17.6 Å². The first kappa shape index (κ1) is 20.1. The number of carbonyl (C=O) groups excluding carboxylic acids is 1. The van der Waals surface area contributed by atoms with E-state index in [9.17, 15) is 17.6 Å². The summed E-state index contributed by atoms with van der Waals surface area (Å²) in [6, 6.07) is 10.5. The first-order chi connectivity index (χ1) is 12.1. The molecule has 0 unspecified atom stereocenters. The summed E-state index contributed by atoms with van der Waals surface area (Å²) in [7, 11) is -2.00. The zero-order valence-corrected chi connectivity index (χ0v) is 16.1. The van der Waals surface area contributed by atoms with Gasteiger partial charge in [-0.25, -0.2) is 12.8 Å². The van der Waals surface area contributed by atoms with E-state index < -0.39 is 15.8 Å². The Balaban J connectivity index is 2.05. The second kappa shape index (κ2) is 7.97. The number of amides is 1. The van der Waals surface area contributed by atoms with Gasteiger partial charge in [0.15, 0.2) is 0 Å². The standard InChI is InChI=1S/C19H23FN2O3S/c1-13(2)22(4)26(24,25)17-9-6-15(7-10-17)12-21-19(23)16-8-5-14(3)18(20)11-16/h5-11,13H,12H2,1-4H3,(H,21,23). The molecule has 140 valence electrons. The topological polar surface area (TPSA) is 66.5 Å². The van der Waals surface area contributed by atoms with Gasteiger partial charge >= 0.3 is 0 Å². The molecule has 0 atom stereocenters. The zero-order chi connectivity index (χ0) is 19.5. The van der Waals surface area contributed by atoms with E-state index in [4.69, 9.17) is 0 Å². The number of carbonyl (C=O) groups is 1. The van der Waals surface area contributed by atoms with Gasteiger partial charge < -0.3 is 5.32 Å². The molecule has 2 rings (SSSR count). The van der Waals surface area contributed by atoms with Crippen LogP contribution in [0.25, 0.3) is 0 Å². The number of halogens is 1. The normalized spacial score (nSPS) is 11.8. The Bertz CT molecular complexity index is 894. The van der Waals surface area contributed by atoms with E-state index in [1.807, 2.05) is 0 Å². The van der Waals surface area contributed by atoms with Gasteiger partial charge in [0.05, 0.1) is 4.90 Å². The molecular formula is C19H23FN2O3S. The van der Waals surface area contributed by atoms with Crippen molar-refractivity contribution in [3.05, 3.63) is 65.0 Å². The third kappa shape index (κ3) is 4.47. The van der Waals surface area contributed by atoms with Crippen molar-refractivity contribution in [1.82, 2.24) is 9.62 Å². The van der Waals surface area contributed by atoms with Gasteiger partial charge in [0.2, 0.25) is 10.0 Å². The molecule has 5 nitrogen and oxygen atoms in total. The minimum atomic E-state index is -3.53. The summed E-state index contributed by atoms with van der Waals surface area (Å²) >= 11 is 0. The summed E-state index contributed by atoms with van der Waals surface area (Å²) in [6.45, 7) is 5.45. The maximum atomic E-state index is 13.5. The lowest BCUT2D eigenvalue weighted by molar-refractivity contribution is 0.0950. The fraction of sp³-hybridized carbons (Fsp3) is 0.316. The maximum Gasteiger partial charge on any atom is 0.251 e. The predicted molar refractivity (Wildman–Crippen MR) is 98.8 cm³/mol. The molecule has 1 N–H and O–H groups in total. The molecule has 0 bridgehead atoms. The van der Waals surface area contributed by atoms with Gasteiger partial charge in [0, 0.05) is 25.2 Å². The van der Waals surface area contributed by atoms with Crippen molar-refractivity contribution in [2.45, 2.75) is 38.3 Å². The summed E-state index contributed by atoms with van der Waals surface area (Å²) < 4.78 is 39.7. The van der Waals surface area contributed by atoms with Crippen LogP contribution in [-0.4, -0.2) is 31.7 Å². The maximum absolute atomic E-state index is 13.5. The van der Waals surface area contributed by atoms with Crippen molar-refractivity contribution in [3.63, 3.8) is 0 Å². The van der Waals surface area contributed by atoms with Crippen LogP contribution in [0.2, 0.25) is 0 Å². The number of sulfonamides is 1. The fourth-order valence-corrected chi connectivity index (χ4v) is 3.61. The minimum absolute atomic E-state index is 0.145. The van der Waals surface area contributed by atoms with Crippen LogP contribution in [0.15, 0.2) is 47.4 Å². The Labute approximate surface area is 153 Å². The molecule has 26 heavy (non-hydrogen) atoms. The van der Waals surface area contributed by atoms with Crippen LogP contribution in [0.1, 0.15) is 35.3 Å². The molecule has 0 aliphatic heterocycles. The van der Waals surface area contributed by atoms with Gasteiger partial charge in [0.1, 0.15) is 5.82 Å². The molecule has 0 fully saturated rings. The van der Waals surface area contributed by atoms with Crippen LogP contribution in [0, 0.1) is 12.7 Å². The van der Waals surface area contributed by atoms with Crippen LogP contribution in [-0.2, 0) is 16.6 Å².